The molecule has 0 aromatic rings. The van der Waals surface area contributed by atoms with Gasteiger partial charge in [-0.3, -0.25) is 9.35 Å². The molecule has 4 aliphatic carbocycles. The molecule has 196 valence electrons. The van der Waals surface area contributed by atoms with Gasteiger partial charge < -0.3 is 16.2 Å². The minimum atomic E-state index is -4.06. The highest BCUT2D eigenvalue weighted by Gasteiger charge is 2.62. The van der Waals surface area contributed by atoms with Crippen LogP contribution in [0.1, 0.15) is 85.0 Å². The molecule has 10 atom stereocenters. The van der Waals surface area contributed by atoms with E-state index < -0.39 is 15.9 Å². The van der Waals surface area contributed by atoms with E-state index in [1.54, 1.807) is 0 Å². The van der Waals surface area contributed by atoms with Gasteiger partial charge in [0.2, 0.25) is 5.91 Å². The molecular formula is C26H46N2O5S. The fourth-order valence-corrected chi connectivity index (χ4v) is 9.56. The van der Waals surface area contributed by atoms with E-state index in [1.807, 2.05) is 0 Å². The number of rotatable bonds is 7. The summed E-state index contributed by atoms with van der Waals surface area (Å²) in [5, 5.41) is 14.0. The van der Waals surface area contributed by atoms with Crippen molar-refractivity contribution >= 4 is 16.0 Å². The zero-order chi connectivity index (χ0) is 24.9. The number of amides is 1. The zero-order valence-corrected chi connectivity index (χ0v) is 22.0. The summed E-state index contributed by atoms with van der Waals surface area (Å²) in [7, 11) is -4.06. The Balaban J connectivity index is 1.39. The van der Waals surface area contributed by atoms with Crippen molar-refractivity contribution in [2.75, 3.05) is 12.3 Å². The van der Waals surface area contributed by atoms with Gasteiger partial charge >= 0.3 is 0 Å². The van der Waals surface area contributed by atoms with E-state index in [2.05, 4.69) is 26.1 Å². The van der Waals surface area contributed by atoms with Crippen molar-refractivity contribution in [3.05, 3.63) is 0 Å². The van der Waals surface area contributed by atoms with Gasteiger partial charge in [-0.2, -0.15) is 8.42 Å². The number of aliphatic hydroxyl groups excluding tert-OH is 1. The Morgan fingerprint density at radius 2 is 1.76 bits per heavy atom. The summed E-state index contributed by atoms with van der Waals surface area (Å²) in [6.45, 7) is 7.14. The molecular weight excluding hydrogens is 452 g/mol. The minimum absolute atomic E-state index is 0.0547. The van der Waals surface area contributed by atoms with Crippen molar-refractivity contribution in [1.82, 2.24) is 5.32 Å². The first-order valence-electron chi connectivity index (χ1n) is 13.5. The van der Waals surface area contributed by atoms with Crippen molar-refractivity contribution < 1.29 is 22.9 Å². The summed E-state index contributed by atoms with van der Waals surface area (Å²) in [6, 6.07) is 0.289. The van der Waals surface area contributed by atoms with E-state index in [0.29, 0.717) is 47.3 Å². The fraction of sp³-hybridized carbons (Fsp3) is 0.962. The summed E-state index contributed by atoms with van der Waals surface area (Å²) in [4.78, 5) is 12.2. The number of nitrogens with one attached hydrogen (secondary N) is 1. The number of hydrogen-bond donors (Lipinski definition) is 4. The predicted octanol–water partition coefficient (Wildman–Crippen LogP) is 3.36. The van der Waals surface area contributed by atoms with Crippen molar-refractivity contribution in [2.24, 2.45) is 52.1 Å². The predicted molar refractivity (Wildman–Crippen MR) is 132 cm³/mol. The summed E-state index contributed by atoms with van der Waals surface area (Å²) in [6.07, 6.45) is 9.93. The van der Waals surface area contributed by atoms with Crippen LogP contribution < -0.4 is 11.1 Å². The van der Waals surface area contributed by atoms with Crippen LogP contribution in [0.4, 0.5) is 0 Å². The number of nitrogens with two attached hydrogens (primary N) is 1. The molecule has 0 aromatic carbocycles. The van der Waals surface area contributed by atoms with Gasteiger partial charge in [0.05, 0.1) is 11.9 Å². The molecule has 0 aromatic heterocycles. The Morgan fingerprint density at radius 1 is 1.09 bits per heavy atom. The molecule has 0 radical (unpaired) electrons. The summed E-state index contributed by atoms with van der Waals surface area (Å²) in [5.41, 5.74) is 6.84. The van der Waals surface area contributed by atoms with Crippen LogP contribution in [0.5, 0.6) is 0 Å². The van der Waals surface area contributed by atoms with Gasteiger partial charge in [-0.05, 0) is 104 Å². The highest BCUT2D eigenvalue weighted by Crippen LogP contribution is 2.68. The van der Waals surface area contributed by atoms with Gasteiger partial charge in [0.15, 0.2) is 0 Å². The summed E-state index contributed by atoms with van der Waals surface area (Å²) < 4.78 is 30.5. The molecule has 1 amide bonds. The largest absolute Gasteiger partial charge is 0.393 e. The summed E-state index contributed by atoms with van der Waals surface area (Å²) in [5.74, 6) is 2.41. The van der Waals surface area contributed by atoms with Crippen molar-refractivity contribution in [1.29, 1.82) is 0 Å². The Bertz CT molecular complexity index is 865. The monoisotopic (exact) mass is 498 g/mol. The first-order valence-corrected chi connectivity index (χ1v) is 15.1. The molecule has 0 bridgehead atoms. The first-order chi connectivity index (χ1) is 15.8. The maximum Gasteiger partial charge on any atom is 0.266 e. The second-order valence-corrected chi connectivity index (χ2v) is 14.3. The topological polar surface area (TPSA) is 130 Å². The third kappa shape index (κ3) is 4.94. The molecule has 4 saturated carbocycles. The summed E-state index contributed by atoms with van der Waals surface area (Å²) >= 11 is 0. The van der Waals surface area contributed by atoms with Gasteiger partial charge in [-0.15, -0.1) is 0 Å². The van der Waals surface area contributed by atoms with Crippen LogP contribution in [0.3, 0.4) is 0 Å². The highest BCUT2D eigenvalue weighted by atomic mass is 32.2. The third-order valence-electron chi connectivity index (χ3n) is 11.0. The molecule has 4 fully saturated rings. The van der Waals surface area contributed by atoms with Crippen LogP contribution in [0.15, 0.2) is 0 Å². The van der Waals surface area contributed by atoms with Crippen LogP contribution in [0.2, 0.25) is 0 Å². The number of carbonyl (C=O) groups is 1. The van der Waals surface area contributed by atoms with E-state index >= 15 is 0 Å². The number of carbonyl (C=O) groups excluding carboxylic acids is 1. The van der Waals surface area contributed by atoms with Gasteiger partial charge in [-0.1, -0.05) is 20.8 Å². The molecule has 7 nitrogen and oxygen atoms in total. The van der Waals surface area contributed by atoms with Crippen LogP contribution in [0, 0.1) is 46.3 Å². The lowest BCUT2D eigenvalue weighted by Gasteiger charge is -2.62. The Labute approximate surface area is 205 Å². The van der Waals surface area contributed by atoms with Crippen LogP contribution >= 0.6 is 0 Å². The lowest BCUT2D eigenvalue weighted by atomic mass is 9.43. The molecule has 4 aliphatic rings. The molecule has 0 heterocycles. The molecule has 4 rings (SSSR count). The van der Waals surface area contributed by atoms with Crippen LogP contribution in [-0.4, -0.2) is 48.4 Å². The highest BCUT2D eigenvalue weighted by molar-refractivity contribution is 7.85. The number of fused-ring (bicyclic) bond motifs is 5. The van der Waals surface area contributed by atoms with Crippen molar-refractivity contribution in [3.63, 3.8) is 0 Å². The van der Waals surface area contributed by atoms with Crippen LogP contribution in [-0.2, 0) is 14.9 Å². The normalized spacial score (nSPS) is 45.1. The van der Waals surface area contributed by atoms with Crippen molar-refractivity contribution in [2.45, 2.75) is 97.1 Å². The molecule has 8 heteroatoms. The average Bonchev–Trinajstić information content (AvgIpc) is 3.09. The van der Waals surface area contributed by atoms with E-state index in [9.17, 15) is 18.3 Å². The lowest BCUT2D eigenvalue weighted by Crippen LogP contribution is -2.59. The second kappa shape index (κ2) is 9.64. The zero-order valence-electron chi connectivity index (χ0n) is 21.2. The lowest BCUT2D eigenvalue weighted by molar-refractivity contribution is -0.166. The van der Waals surface area contributed by atoms with Gasteiger partial charge in [0.1, 0.15) is 0 Å². The second-order valence-electron chi connectivity index (χ2n) is 12.7. The van der Waals surface area contributed by atoms with E-state index in [-0.39, 0.29) is 30.0 Å². The maximum atomic E-state index is 12.2. The Morgan fingerprint density at radius 3 is 2.47 bits per heavy atom. The molecule has 0 saturated heterocycles. The average molecular weight is 499 g/mol. The Hall–Kier alpha value is -0.700. The van der Waals surface area contributed by atoms with Gasteiger partial charge in [0.25, 0.3) is 10.1 Å². The first kappa shape index (κ1) is 26.4. The molecule has 0 spiro atoms. The number of aliphatic hydroxyl groups is 1. The smallest absolute Gasteiger partial charge is 0.266 e. The van der Waals surface area contributed by atoms with Crippen molar-refractivity contribution in [3.8, 4) is 0 Å². The quantitative estimate of drug-likeness (QED) is 0.398. The van der Waals surface area contributed by atoms with Crippen LogP contribution in [0.25, 0.3) is 0 Å². The molecule has 5 N–H and O–H groups in total. The molecule has 34 heavy (non-hydrogen) atoms. The standard InChI is InChI=1S/C26H46N2O5S/c1-16(4-7-23(30)28-12-13-34(31,32)33)19-5-6-20-24-21(9-11-26(19,20)3)25(2)10-8-18(27)14-17(25)15-22(24)29/h16-22,24,29H,4-15,27H2,1-3H3,(H,28,30)(H,31,32,33)/t16-,17?,18-,19-,20+,21+,22+,24+,25+,26-/m1/s1. The van der Waals surface area contributed by atoms with E-state index in [4.69, 9.17) is 10.3 Å². The van der Waals surface area contributed by atoms with E-state index in [1.165, 1.54) is 25.7 Å². The van der Waals surface area contributed by atoms with E-state index in [0.717, 1.165) is 32.1 Å². The maximum absolute atomic E-state index is 12.2. The molecule has 1 unspecified atom stereocenters. The Kier molecular flexibility index (Phi) is 7.47. The van der Waals surface area contributed by atoms with Gasteiger partial charge in [-0.25, -0.2) is 0 Å². The molecule has 0 aliphatic heterocycles. The van der Waals surface area contributed by atoms with Gasteiger partial charge in [0, 0.05) is 19.0 Å². The number of hydrogen-bond acceptors (Lipinski definition) is 5. The fourth-order valence-electron chi connectivity index (χ4n) is 9.20. The minimum Gasteiger partial charge on any atom is -0.393 e. The SMILES string of the molecule is C[C@H](CCC(=O)NCCS(=O)(=O)O)[C@H]1CC[C@H]2[C@@H]3[C@@H](O)CC4C[C@H](N)CC[C@]4(C)[C@H]3CC[C@]12C. The third-order valence-corrected chi connectivity index (χ3v) is 11.7.